The summed E-state index contributed by atoms with van der Waals surface area (Å²) in [5, 5.41) is 57.4. The smallest absolute Gasteiger partial charge is 0.158 e. The van der Waals surface area contributed by atoms with Gasteiger partial charge in [-0.1, -0.05) is 77.9 Å². The first-order valence-electron chi connectivity index (χ1n) is 17.2. The van der Waals surface area contributed by atoms with Crippen molar-refractivity contribution in [3.8, 4) is 22.9 Å². The molecular formula is C40H46N6O6. The summed E-state index contributed by atoms with van der Waals surface area (Å²) in [6, 6.07) is 22.4. The summed E-state index contributed by atoms with van der Waals surface area (Å²) in [6.07, 6.45) is 1.46. The van der Waals surface area contributed by atoms with E-state index in [2.05, 4.69) is 20.4 Å². The Morgan fingerprint density at radius 2 is 0.865 bits per heavy atom. The number of benzene rings is 4. The molecule has 6 rings (SSSR count). The van der Waals surface area contributed by atoms with Gasteiger partial charge in [0.25, 0.3) is 0 Å². The van der Waals surface area contributed by atoms with Gasteiger partial charge in [-0.15, -0.1) is 30.0 Å². The van der Waals surface area contributed by atoms with Crippen LogP contribution in [0.25, 0.3) is 33.4 Å². The fourth-order valence-electron chi connectivity index (χ4n) is 5.75. The van der Waals surface area contributed by atoms with Crippen molar-refractivity contribution < 1.29 is 30.0 Å². The molecule has 0 spiro atoms. The first-order chi connectivity index (χ1) is 24.6. The molecule has 52 heavy (non-hydrogen) atoms. The molecule has 0 amide bonds. The maximum atomic E-state index is 11.5. The van der Waals surface area contributed by atoms with Gasteiger partial charge in [0.1, 0.15) is 58.2 Å². The summed E-state index contributed by atoms with van der Waals surface area (Å²) in [5.41, 5.74) is 6.68. The predicted octanol–water partition coefficient (Wildman–Crippen LogP) is 5.84. The fraction of sp³-hybridized carbons (Fsp3) is 0.350. The Morgan fingerprint density at radius 3 is 1.13 bits per heavy atom. The number of hydrogen-bond acceptors (Lipinski definition) is 10. The number of carbonyl (C=O) groups excluding carboxylic acids is 2. The van der Waals surface area contributed by atoms with E-state index < -0.39 is 13.2 Å². The number of aliphatic hydroxyl groups is 2. The molecule has 0 aliphatic carbocycles. The van der Waals surface area contributed by atoms with E-state index in [0.29, 0.717) is 24.2 Å². The Kier molecular flexibility index (Phi) is 11.2. The minimum absolute atomic E-state index is 0.134. The first-order valence-corrected chi connectivity index (χ1v) is 17.2. The number of aliphatic hydroxyl groups excluding tert-OH is 2. The number of phenolic OH excluding ortho intramolecular Hbond substituents is 2. The highest BCUT2D eigenvalue weighted by molar-refractivity contribution is 5.80. The highest BCUT2D eigenvalue weighted by Gasteiger charge is 2.25. The average molecular weight is 707 g/mol. The van der Waals surface area contributed by atoms with Crippen LogP contribution in [0.4, 0.5) is 0 Å². The van der Waals surface area contributed by atoms with E-state index in [9.17, 15) is 19.8 Å². The zero-order valence-corrected chi connectivity index (χ0v) is 30.5. The molecule has 12 nitrogen and oxygen atoms in total. The number of ketones is 2. The maximum absolute atomic E-state index is 11.5. The van der Waals surface area contributed by atoms with Crippen LogP contribution >= 0.6 is 0 Å². The summed E-state index contributed by atoms with van der Waals surface area (Å²) >= 11 is 0. The lowest BCUT2D eigenvalue weighted by Crippen LogP contribution is -2.14. The second-order valence-corrected chi connectivity index (χ2v) is 14.9. The Bertz CT molecular complexity index is 2000. The van der Waals surface area contributed by atoms with Crippen molar-refractivity contribution in [2.24, 2.45) is 0 Å². The van der Waals surface area contributed by atoms with Gasteiger partial charge in [-0.2, -0.15) is 0 Å². The Morgan fingerprint density at radius 1 is 0.558 bits per heavy atom. The van der Waals surface area contributed by atoms with Crippen LogP contribution in [0.1, 0.15) is 76.6 Å². The second-order valence-electron chi connectivity index (χ2n) is 14.9. The standard InChI is InChI=1S/2C20H23N3O3/c2*1-20(2,3)15-10-13(8-9-14(25)12-24)11-18(19(15)26)23-21-16-6-4-5-7-17(16)22-23/h2*4-7,10-11,24,26H,8-9,12H2,1-3H3. The number of rotatable bonds is 10. The van der Waals surface area contributed by atoms with E-state index in [4.69, 9.17) is 10.2 Å². The number of aromatic hydroxyl groups is 2. The van der Waals surface area contributed by atoms with E-state index >= 15 is 0 Å². The molecule has 0 aliphatic heterocycles. The normalized spacial score (nSPS) is 11.8. The van der Waals surface area contributed by atoms with Gasteiger partial charge in [-0.25, -0.2) is 0 Å². The third-order valence-corrected chi connectivity index (χ3v) is 8.66. The highest BCUT2D eigenvalue weighted by Crippen LogP contribution is 2.38. The van der Waals surface area contributed by atoms with E-state index in [-0.39, 0.29) is 46.7 Å². The Balaban J connectivity index is 0.000000201. The SMILES string of the molecule is CC(C)(C)c1cc(CCC(=O)CO)cc(-n2nc3ccccc3n2)c1O.CC(C)(C)c1cc(CCC(=O)CO)cc(-n2nc3ccccc3n2)c1O. The Hall–Kier alpha value is -5.46. The monoisotopic (exact) mass is 706 g/mol. The topological polar surface area (TPSA) is 176 Å². The zero-order chi connectivity index (χ0) is 37.8. The van der Waals surface area contributed by atoms with Gasteiger partial charge in [0.05, 0.1) is 0 Å². The van der Waals surface area contributed by atoms with Crippen molar-refractivity contribution in [3.05, 3.63) is 95.1 Å². The van der Waals surface area contributed by atoms with Crippen molar-refractivity contribution in [1.82, 2.24) is 30.0 Å². The van der Waals surface area contributed by atoms with Crippen LogP contribution < -0.4 is 0 Å². The molecule has 0 saturated carbocycles. The number of carbonyl (C=O) groups is 2. The highest BCUT2D eigenvalue weighted by atomic mass is 16.3. The van der Waals surface area contributed by atoms with Crippen LogP contribution in [-0.2, 0) is 33.3 Å². The minimum atomic E-state index is -0.455. The van der Waals surface area contributed by atoms with Gasteiger partial charge in [-0.05, 0) is 71.2 Å². The molecule has 2 heterocycles. The van der Waals surface area contributed by atoms with E-state index in [1.54, 1.807) is 12.1 Å². The third kappa shape index (κ3) is 8.70. The van der Waals surface area contributed by atoms with Gasteiger partial charge in [0.15, 0.2) is 11.6 Å². The molecule has 0 aliphatic rings. The van der Waals surface area contributed by atoms with Gasteiger partial charge in [-0.3, -0.25) is 9.59 Å². The largest absolute Gasteiger partial charge is 0.505 e. The average Bonchev–Trinajstić information content (AvgIpc) is 3.74. The quantitative estimate of drug-likeness (QED) is 0.135. The van der Waals surface area contributed by atoms with Crippen LogP contribution in [0.2, 0.25) is 0 Å². The van der Waals surface area contributed by atoms with Gasteiger partial charge in [0.2, 0.25) is 0 Å². The third-order valence-electron chi connectivity index (χ3n) is 8.66. The molecule has 12 heteroatoms. The van der Waals surface area contributed by atoms with Crippen molar-refractivity contribution in [1.29, 1.82) is 0 Å². The molecule has 2 aromatic heterocycles. The molecule has 272 valence electrons. The molecule has 0 atom stereocenters. The van der Waals surface area contributed by atoms with Crippen molar-refractivity contribution >= 4 is 33.6 Å². The molecule has 0 radical (unpaired) electrons. The number of aryl methyl sites for hydroxylation is 2. The molecule has 0 bridgehead atoms. The number of nitrogens with zero attached hydrogens (tertiary/aromatic N) is 6. The predicted molar refractivity (Wildman–Crippen MR) is 199 cm³/mol. The number of aromatic nitrogens is 6. The van der Waals surface area contributed by atoms with Crippen LogP contribution in [0.5, 0.6) is 11.5 Å². The maximum Gasteiger partial charge on any atom is 0.158 e. The van der Waals surface area contributed by atoms with E-state index in [1.807, 2.05) is 102 Å². The molecule has 6 aromatic rings. The van der Waals surface area contributed by atoms with E-state index in [0.717, 1.165) is 44.3 Å². The first kappa shape index (κ1) is 37.8. The van der Waals surface area contributed by atoms with Crippen LogP contribution in [0.3, 0.4) is 0 Å². The summed E-state index contributed by atoms with van der Waals surface area (Å²) < 4.78 is 0. The lowest BCUT2D eigenvalue weighted by molar-refractivity contribution is -0.122. The number of phenols is 2. The van der Waals surface area contributed by atoms with Crippen LogP contribution in [0, 0.1) is 0 Å². The minimum Gasteiger partial charge on any atom is -0.505 e. The van der Waals surface area contributed by atoms with Crippen LogP contribution in [0.15, 0.2) is 72.8 Å². The number of fused-ring (bicyclic) bond motifs is 2. The number of hydrogen-bond donors (Lipinski definition) is 4. The van der Waals surface area contributed by atoms with Gasteiger partial charge in [0, 0.05) is 24.0 Å². The van der Waals surface area contributed by atoms with Crippen molar-refractivity contribution in [3.63, 3.8) is 0 Å². The Labute approximate surface area is 302 Å². The van der Waals surface area contributed by atoms with Gasteiger partial charge >= 0.3 is 0 Å². The molecule has 0 fully saturated rings. The van der Waals surface area contributed by atoms with E-state index in [1.165, 1.54) is 9.59 Å². The molecule has 4 aromatic carbocycles. The fourth-order valence-corrected chi connectivity index (χ4v) is 5.75. The van der Waals surface area contributed by atoms with Crippen LogP contribution in [-0.4, -0.2) is 75.2 Å². The lowest BCUT2D eigenvalue weighted by Gasteiger charge is -2.23. The molecule has 4 N–H and O–H groups in total. The lowest BCUT2D eigenvalue weighted by atomic mass is 9.84. The zero-order valence-electron chi connectivity index (χ0n) is 30.5. The summed E-state index contributed by atoms with van der Waals surface area (Å²) in [7, 11) is 0. The van der Waals surface area contributed by atoms with Crippen molar-refractivity contribution in [2.45, 2.75) is 78.1 Å². The summed E-state index contributed by atoms with van der Waals surface area (Å²) in [4.78, 5) is 25.8. The molecule has 0 saturated heterocycles. The summed E-state index contributed by atoms with van der Waals surface area (Å²) in [6.45, 7) is 11.2. The van der Waals surface area contributed by atoms with Gasteiger partial charge < -0.3 is 20.4 Å². The number of Topliss-reactive ketones (excluding diaryl/α,β-unsaturated/α-hetero) is 2. The molecule has 0 unspecified atom stereocenters. The summed E-state index contributed by atoms with van der Waals surface area (Å²) in [5.74, 6) is -0.148. The second kappa shape index (κ2) is 15.4. The molecular weight excluding hydrogens is 660 g/mol. The van der Waals surface area contributed by atoms with Crippen molar-refractivity contribution in [2.75, 3.05) is 13.2 Å².